The van der Waals surface area contributed by atoms with Crippen LogP contribution in [-0.2, 0) is 10.1 Å². The maximum atomic E-state index is 10.3. The van der Waals surface area contributed by atoms with Crippen molar-refractivity contribution in [3.8, 4) is 0 Å². The van der Waals surface area contributed by atoms with Crippen molar-refractivity contribution in [2.75, 3.05) is 12.3 Å². The van der Waals surface area contributed by atoms with E-state index in [1.54, 1.807) is 0 Å². The van der Waals surface area contributed by atoms with Crippen LogP contribution in [0.1, 0.15) is 13.8 Å². The highest BCUT2D eigenvalue weighted by molar-refractivity contribution is 7.85. The van der Waals surface area contributed by atoms with Crippen molar-refractivity contribution >= 4 is 10.1 Å². The number of rotatable bonds is 5. The minimum absolute atomic E-state index is 0.108. The van der Waals surface area contributed by atoms with Gasteiger partial charge in [0.25, 0.3) is 10.1 Å². The molecule has 4 N–H and O–H groups in total. The van der Waals surface area contributed by atoms with Crippen molar-refractivity contribution in [1.82, 2.24) is 5.32 Å². The van der Waals surface area contributed by atoms with Gasteiger partial charge in [-0.25, -0.2) is 0 Å². The molecule has 0 aromatic rings. The van der Waals surface area contributed by atoms with Gasteiger partial charge < -0.3 is 10.2 Å². The Morgan fingerprint density at radius 2 is 1.92 bits per heavy atom. The van der Waals surface area contributed by atoms with Gasteiger partial charge in [0, 0.05) is 6.54 Å². The SMILES string of the molecule is CC(C)(O)NCC(O)CS(=O)(=O)O. The molecule has 0 aliphatic carbocycles. The maximum absolute atomic E-state index is 10.3. The van der Waals surface area contributed by atoms with E-state index in [1.165, 1.54) is 13.8 Å². The zero-order chi connectivity index (χ0) is 10.7. The molecule has 13 heavy (non-hydrogen) atoms. The summed E-state index contributed by atoms with van der Waals surface area (Å²) in [6.07, 6.45) is -1.23. The molecular formula is C6H15NO5S. The van der Waals surface area contributed by atoms with Crippen LogP contribution in [0.2, 0.25) is 0 Å². The summed E-state index contributed by atoms with van der Waals surface area (Å²) in [6, 6.07) is 0. The van der Waals surface area contributed by atoms with Gasteiger partial charge in [0.05, 0.1) is 6.10 Å². The second kappa shape index (κ2) is 4.34. The number of hydrogen-bond donors (Lipinski definition) is 4. The average Bonchev–Trinajstić information content (AvgIpc) is 1.78. The van der Waals surface area contributed by atoms with Crippen LogP contribution < -0.4 is 5.32 Å². The third kappa shape index (κ3) is 9.71. The number of nitrogens with one attached hydrogen (secondary N) is 1. The van der Waals surface area contributed by atoms with E-state index in [1.807, 2.05) is 0 Å². The summed E-state index contributed by atoms with van der Waals surface area (Å²) in [7, 11) is -4.16. The minimum atomic E-state index is -4.16. The van der Waals surface area contributed by atoms with Crippen LogP contribution in [0.15, 0.2) is 0 Å². The zero-order valence-corrected chi connectivity index (χ0v) is 8.37. The predicted octanol–water partition coefficient (Wildman–Crippen LogP) is -1.45. The average molecular weight is 213 g/mol. The molecule has 7 heteroatoms. The van der Waals surface area contributed by atoms with Crippen LogP contribution >= 0.6 is 0 Å². The Morgan fingerprint density at radius 1 is 1.46 bits per heavy atom. The predicted molar refractivity (Wildman–Crippen MR) is 46.7 cm³/mol. The maximum Gasteiger partial charge on any atom is 0.267 e. The van der Waals surface area contributed by atoms with E-state index in [-0.39, 0.29) is 6.54 Å². The van der Waals surface area contributed by atoms with Gasteiger partial charge in [-0.05, 0) is 13.8 Å². The van der Waals surface area contributed by atoms with Crippen LogP contribution in [-0.4, -0.2) is 47.3 Å². The van der Waals surface area contributed by atoms with Crippen molar-refractivity contribution in [2.24, 2.45) is 0 Å². The molecule has 0 aliphatic rings. The van der Waals surface area contributed by atoms with Crippen LogP contribution in [0.25, 0.3) is 0 Å². The van der Waals surface area contributed by atoms with Crippen molar-refractivity contribution in [3.05, 3.63) is 0 Å². The summed E-state index contributed by atoms with van der Waals surface area (Å²) >= 11 is 0. The van der Waals surface area contributed by atoms with Gasteiger partial charge in [0.15, 0.2) is 0 Å². The molecule has 1 unspecified atom stereocenters. The fourth-order valence-electron chi connectivity index (χ4n) is 0.670. The highest BCUT2D eigenvalue weighted by Crippen LogP contribution is 1.96. The first-order valence-electron chi connectivity index (χ1n) is 3.71. The lowest BCUT2D eigenvalue weighted by Gasteiger charge is -2.20. The quantitative estimate of drug-likeness (QED) is 0.329. The molecule has 0 aliphatic heterocycles. The van der Waals surface area contributed by atoms with Gasteiger partial charge in [0.2, 0.25) is 0 Å². The Kier molecular flexibility index (Phi) is 4.27. The molecule has 0 radical (unpaired) electrons. The summed E-state index contributed by atoms with van der Waals surface area (Å²) in [5.41, 5.74) is -1.18. The lowest BCUT2D eigenvalue weighted by Crippen LogP contribution is -2.44. The van der Waals surface area contributed by atoms with Crippen LogP contribution in [0.3, 0.4) is 0 Å². The molecule has 80 valence electrons. The topological polar surface area (TPSA) is 107 Å². The molecule has 0 saturated carbocycles. The highest BCUT2D eigenvalue weighted by atomic mass is 32.2. The van der Waals surface area contributed by atoms with Gasteiger partial charge in [-0.2, -0.15) is 8.42 Å². The van der Waals surface area contributed by atoms with E-state index in [4.69, 9.17) is 14.8 Å². The van der Waals surface area contributed by atoms with E-state index in [9.17, 15) is 8.42 Å². The normalized spacial score (nSPS) is 15.8. The third-order valence-electron chi connectivity index (χ3n) is 1.17. The molecule has 0 amide bonds. The monoisotopic (exact) mass is 213 g/mol. The number of aliphatic hydroxyl groups is 2. The van der Waals surface area contributed by atoms with Crippen molar-refractivity contribution in [2.45, 2.75) is 25.7 Å². The minimum Gasteiger partial charge on any atom is -0.391 e. The number of aliphatic hydroxyl groups excluding tert-OH is 1. The van der Waals surface area contributed by atoms with E-state index < -0.39 is 27.7 Å². The van der Waals surface area contributed by atoms with Crippen molar-refractivity contribution in [1.29, 1.82) is 0 Å². The Balaban J connectivity index is 3.84. The van der Waals surface area contributed by atoms with Crippen LogP contribution in [0.5, 0.6) is 0 Å². The fraction of sp³-hybridized carbons (Fsp3) is 1.00. The standard InChI is InChI=1S/C6H15NO5S/c1-6(2,9)7-3-5(8)4-13(10,11)12/h5,7-9H,3-4H2,1-2H3,(H,10,11,12). The molecule has 1 atom stereocenters. The van der Waals surface area contributed by atoms with E-state index in [2.05, 4.69) is 5.32 Å². The van der Waals surface area contributed by atoms with Gasteiger partial charge in [0.1, 0.15) is 11.5 Å². The van der Waals surface area contributed by atoms with E-state index in [0.29, 0.717) is 0 Å². The summed E-state index contributed by atoms with van der Waals surface area (Å²) in [5, 5.41) is 20.6. The Morgan fingerprint density at radius 3 is 2.23 bits per heavy atom. The van der Waals surface area contributed by atoms with Crippen LogP contribution in [0, 0.1) is 0 Å². The Labute approximate surface area is 77.3 Å². The summed E-state index contributed by atoms with van der Waals surface area (Å²) in [6.45, 7) is 2.80. The molecule has 0 aromatic carbocycles. The fourth-order valence-corrected chi connectivity index (χ4v) is 1.27. The smallest absolute Gasteiger partial charge is 0.267 e. The van der Waals surface area contributed by atoms with Crippen LogP contribution in [0.4, 0.5) is 0 Å². The largest absolute Gasteiger partial charge is 0.391 e. The zero-order valence-electron chi connectivity index (χ0n) is 7.56. The lowest BCUT2D eigenvalue weighted by molar-refractivity contribution is 0.0305. The molecule has 0 spiro atoms. The summed E-state index contributed by atoms with van der Waals surface area (Å²) < 4.78 is 28.9. The first-order chi connectivity index (χ1) is 5.60. The van der Waals surface area contributed by atoms with Crippen molar-refractivity contribution < 1.29 is 23.2 Å². The molecular weight excluding hydrogens is 198 g/mol. The summed E-state index contributed by atoms with van der Waals surface area (Å²) in [5.74, 6) is -0.740. The molecule has 0 saturated heterocycles. The first kappa shape index (κ1) is 12.8. The second-order valence-corrected chi connectivity index (χ2v) is 4.84. The Bertz CT molecular complexity index is 242. The van der Waals surface area contributed by atoms with Crippen molar-refractivity contribution in [3.63, 3.8) is 0 Å². The second-order valence-electron chi connectivity index (χ2n) is 3.34. The number of hydrogen-bond acceptors (Lipinski definition) is 5. The van der Waals surface area contributed by atoms with E-state index in [0.717, 1.165) is 0 Å². The molecule has 0 fully saturated rings. The Hall–Kier alpha value is -0.210. The highest BCUT2D eigenvalue weighted by Gasteiger charge is 2.17. The first-order valence-corrected chi connectivity index (χ1v) is 5.32. The summed E-state index contributed by atoms with van der Waals surface area (Å²) in [4.78, 5) is 0. The lowest BCUT2D eigenvalue weighted by atomic mass is 10.3. The van der Waals surface area contributed by atoms with Gasteiger partial charge in [-0.3, -0.25) is 9.87 Å². The molecule has 0 rings (SSSR count). The van der Waals surface area contributed by atoms with Gasteiger partial charge in [-0.1, -0.05) is 0 Å². The van der Waals surface area contributed by atoms with Gasteiger partial charge >= 0.3 is 0 Å². The molecule has 0 aromatic heterocycles. The molecule has 0 heterocycles. The molecule has 6 nitrogen and oxygen atoms in total. The van der Waals surface area contributed by atoms with E-state index >= 15 is 0 Å². The molecule has 0 bridgehead atoms. The third-order valence-corrected chi connectivity index (χ3v) is 1.98. The van der Waals surface area contributed by atoms with Gasteiger partial charge in [-0.15, -0.1) is 0 Å².